The number of fused-ring (bicyclic) bond motifs is 1. The second-order valence-electron chi connectivity index (χ2n) is 5.68. The summed E-state index contributed by atoms with van der Waals surface area (Å²) < 4.78 is 0. The third-order valence-corrected chi connectivity index (χ3v) is 4.07. The molecule has 0 amide bonds. The van der Waals surface area contributed by atoms with Crippen LogP contribution in [-0.4, -0.2) is 48.1 Å². The number of nitrogen functional groups attached to an aromatic ring is 1. The maximum atomic E-state index is 5.83. The normalized spacial score (nSPS) is 19.8. The van der Waals surface area contributed by atoms with Crippen molar-refractivity contribution in [1.29, 1.82) is 0 Å². The van der Waals surface area contributed by atoms with E-state index in [4.69, 9.17) is 5.73 Å². The Morgan fingerprint density at radius 1 is 1.30 bits per heavy atom. The average molecular weight is 271 g/mol. The first-order valence-corrected chi connectivity index (χ1v) is 7.07. The van der Waals surface area contributed by atoms with Crippen molar-refractivity contribution in [3.63, 3.8) is 0 Å². The minimum absolute atomic E-state index is 0.586. The fraction of sp³-hybridized carbons (Fsp3) is 0.467. The van der Waals surface area contributed by atoms with Crippen molar-refractivity contribution >= 4 is 22.4 Å². The molecule has 0 aliphatic carbocycles. The summed E-state index contributed by atoms with van der Waals surface area (Å²) in [6.45, 7) is 2.07. The third kappa shape index (κ3) is 2.41. The Kier molecular flexibility index (Phi) is 3.44. The first-order chi connectivity index (χ1) is 9.65. The lowest BCUT2D eigenvalue weighted by molar-refractivity contribution is 0.257. The molecular weight excluding hydrogens is 250 g/mol. The van der Waals surface area contributed by atoms with Crippen LogP contribution in [0.3, 0.4) is 0 Å². The second kappa shape index (κ2) is 5.25. The predicted octanol–water partition coefficient (Wildman–Crippen LogP) is 1.74. The van der Waals surface area contributed by atoms with E-state index in [1.807, 2.05) is 18.2 Å². The van der Waals surface area contributed by atoms with Gasteiger partial charge in [0, 0.05) is 30.2 Å². The summed E-state index contributed by atoms with van der Waals surface area (Å²) in [6, 6.07) is 6.44. The zero-order chi connectivity index (χ0) is 14.1. The van der Waals surface area contributed by atoms with Crippen LogP contribution in [0.1, 0.15) is 12.8 Å². The van der Waals surface area contributed by atoms with E-state index in [-0.39, 0.29) is 0 Å². The van der Waals surface area contributed by atoms with Crippen LogP contribution in [-0.2, 0) is 0 Å². The molecule has 5 heteroatoms. The summed E-state index contributed by atoms with van der Waals surface area (Å²) in [5, 5.41) is 1.08. The molecule has 1 aliphatic rings. The zero-order valence-electron chi connectivity index (χ0n) is 12.1. The van der Waals surface area contributed by atoms with Gasteiger partial charge in [-0.15, -0.1) is 0 Å². The van der Waals surface area contributed by atoms with Crippen molar-refractivity contribution < 1.29 is 0 Å². The summed E-state index contributed by atoms with van der Waals surface area (Å²) in [4.78, 5) is 13.5. The highest BCUT2D eigenvalue weighted by atomic mass is 15.2. The van der Waals surface area contributed by atoms with E-state index >= 15 is 0 Å². The number of anilines is 2. The minimum Gasteiger partial charge on any atom is -0.399 e. The SMILES string of the molecule is CN(C)C1CCCN(c2ncnc3cc(N)ccc23)C1. The number of aromatic nitrogens is 2. The molecule has 2 heterocycles. The quantitative estimate of drug-likeness (QED) is 0.843. The smallest absolute Gasteiger partial charge is 0.139 e. The van der Waals surface area contributed by atoms with Crippen LogP contribution in [0.15, 0.2) is 24.5 Å². The Balaban J connectivity index is 1.97. The molecule has 106 valence electrons. The van der Waals surface area contributed by atoms with Gasteiger partial charge in [-0.2, -0.15) is 0 Å². The number of rotatable bonds is 2. The molecule has 1 unspecified atom stereocenters. The number of hydrogen-bond donors (Lipinski definition) is 1. The molecule has 0 radical (unpaired) electrons. The van der Waals surface area contributed by atoms with Crippen LogP contribution in [0.4, 0.5) is 11.5 Å². The molecular formula is C15H21N5. The number of hydrogen-bond acceptors (Lipinski definition) is 5. The number of nitrogens with two attached hydrogens (primary N) is 1. The van der Waals surface area contributed by atoms with Gasteiger partial charge in [0.2, 0.25) is 0 Å². The van der Waals surface area contributed by atoms with Gasteiger partial charge in [-0.25, -0.2) is 9.97 Å². The maximum absolute atomic E-state index is 5.83. The monoisotopic (exact) mass is 271 g/mol. The maximum Gasteiger partial charge on any atom is 0.139 e. The van der Waals surface area contributed by atoms with Crippen LogP contribution >= 0.6 is 0 Å². The molecule has 0 bridgehead atoms. The van der Waals surface area contributed by atoms with Gasteiger partial charge in [-0.3, -0.25) is 0 Å². The van der Waals surface area contributed by atoms with E-state index in [2.05, 4.69) is 33.9 Å². The molecule has 1 fully saturated rings. The van der Waals surface area contributed by atoms with Crippen LogP contribution in [0, 0.1) is 0 Å². The van der Waals surface area contributed by atoms with Crippen LogP contribution < -0.4 is 10.6 Å². The largest absolute Gasteiger partial charge is 0.399 e. The summed E-state index contributed by atoms with van der Waals surface area (Å²) >= 11 is 0. The fourth-order valence-electron chi connectivity index (χ4n) is 2.88. The fourth-order valence-corrected chi connectivity index (χ4v) is 2.88. The Hall–Kier alpha value is -1.88. The van der Waals surface area contributed by atoms with Gasteiger partial charge < -0.3 is 15.5 Å². The second-order valence-corrected chi connectivity index (χ2v) is 5.68. The zero-order valence-corrected chi connectivity index (χ0v) is 12.1. The molecule has 2 aromatic rings. The number of nitrogens with zero attached hydrogens (tertiary/aromatic N) is 4. The summed E-state index contributed by atoms with van der Waals surface area (Å²) in [6.07, 6.45) is 4.08. The van der Waals surface area contributed by atoms with E-state index in [0.717, 1.165) is 35.5 Å². The molecule has 1 aromatic heterocycles. The summed E-state index contributed by atoms with van der Waals surface area (Å²) in [5.74, 6) is 1.03. The number of likely N-dealkylation sites (N-methyl/N-ethyl adjacent to an activating group) is 1. The molecule has 5 nitrogen and oxygen atoms in total. The van der Waals surface area contributed by atoms with Crippen molar-refractivity contribution in [2.75, 3.05) is 37.8 Å². The Morgan fingerprint density at radius 2 is 2.15 bits per heavy atom. The number of piperidine rings is 1. The first kappa shape index (κ1) is 13.1. The summed E-state index contributed by atoms with van der Waals surface area (Å²) in [5.41, 5.74) is 7.49. The molecule has 1 atom stereocenters. The van der Waals surface area contributed by atoms with E-state index < -0.39 is 0 Å². The molecule has 20 heavy (non-hydrogen) atoms. The van der Waals surface area contributed by atoms with E-state index in [1.54, 1.807) is 6.33 Å². The highest BCUT2D eigenvalue weighted by molar-refractivity contribution is 5.91. The van der Waals surface area contributed by atoms with Crippen molar-refractivity contribution in [1.82, 2.24) is 14.9 Å². The van der Waals surface area contributed by atoms with Gasteiger partial charge in [0.1, 0.15) is 12.1 Å². The lowest BCUT2D eigenvalue weighted by atomic mass is 10.0. The van der Waals surface area contributed by atoms with Crippen LogP contribution in [0.2, 0.25) is 0 Å². The first-order valence-electron chi connectivity index (χ1n) is 7.07. The topological polar surface area (TPSA) is 58.3 Å². The highest BCUT2D eigenvalue weighted by Crippen LogP contribution is 2.27. The van der Waals surface area contributed by atoms with Gasteiger partial charge in [0.15, 0.2) is 0 Å². The molecule has 0 spiro atoms. The molecule has 1 aliphatic heterocycles. The molecule has 0 saturated carbocycles. The molecule has 1 aromatic carbocycles. The van der Waals surface area contributed by atoms with Gasteiger partial charge in [-0.1, -0.05) is 0 Å². The lowest BCUT2D eigenvalue weighted by Crippen LogP contribution is -2.45. The molecule has 3 rings (SSSR count). The van der Waals surface area contributed by atoms with Crippen molar-refractivity contribution in [3.05, 3.63) is 24.5 Å². The lowest BCUT2D eigenvalue weighted by Gasteiger charge is -2.37. The van der Waals surface area contributed by atoms with Gasteiger partial charge in [0.05, 0.1) is 5.52 Å². The summed E-state index contributed by atoms with van der Waals surface area (Å²) in [7, 11) is 4.29. The minimum atomic E-state index is 0.586. The Morgan fingerprint density at radius 3 is 2.95 bits per heavy atom. The van der Waals surface area contributed by atoms with E-state index in [0.29, 0.717) is 6.04 Å². The van der Waals surface area contributed by atoms with Gasteiger partial charge in [0.25, 0.3) is 0 Å². The Labute approximate surface area is 119 Å². The molecule has 1 saturated heterocycles. The van der Waals surface area contributed by atoms with Gasteiger partial charge >= 0.3 is 0 Å². The third-order valence-electron chi connectivity index (χ3n) is 4.07. The van der Waals surface area contributed by atoms with Crippen LogP contribution in [0.5, 0.6) is 0 Å². The van der Waals surface area contributed by atoms with E-state index in [9.17, 15) is 0 Å². The van der Waals surface area contributed by atoms with Gasteiger partial charge in [-0.05, 0) is 45.1 Å². The van der Waals surface area contributed by atoms with E-state index in [1.165, 1.54) is 12.8 Å². The van der Waals surface area contributed by atoms with Crippen LogP contribution in [0.25, 0.3) is 10.9 Å². The van der Waals surface area contributed by atoms with Crippen molar-refractivity contribution in [3.8, 4) is 0 Å². The molecule has 2 N–H and O–H groups in total. The highest BCUT2D eigenvalue weighted by Gasteiger charge is 2.23. The van der Waals surface area contributed by atoms with Crippen molar-refractivity contribution in [2.24, 2.45) is 0 Å². The van der Waals surface area contributed by atoms with Crippen molar-refractivity contribution in [2.45, 2.75) is 18.9 Å². The standard InChI is InChI=1S/C15H21N5/c1-19(2)12-4-3-7-20(9-12)15-13-6-5-11(16)8-14(13)17-10-18-15/h5-6,8,10,12H,3-4,7,9,16H2,1-2H3. The number of benzene rings is 1. The average Bonchev–Trinajstić information content (AvgIpc) is 2.46. The Bertz CT molecular complexity index is 610. The predicted molar refractivity (Wildman–Crippen MR) is 82.9 cm³/mol.